The van der Waals surface area contributed by atoms with E-state index < -0.39 is 11.6 Å². The summed E-state index contributed by atoms with van der Waals surface area (Å²) in [7, 11) is 3.16. The SMILES string of the molecule is COCCOc1cc2ncnc(NC3=CC(=O)C(Oc4ccc(-n5ccnc5)cc4)=CC3=O)c2cc1OCCOC. The van der Waals surface area contributed by atoms with E-state index in [0.717, 1.165) is 11.8 Å². The van der Waals surface area contributed by atoms with Crippen molar-refractivity contribution in [2.24, 2.45) is 0 Å². The summed E-state index contributed by atoms with van der Waals surface area (Å²) < 4.78 is 29.4. The third kappa shape index (κ3) is 6.57. The van der Waals surface area contributed by atoms with Gasteiger partial charge in [-0.1, -0.05) is 0 Å². The predicted molar refractivity (Wildman–Crippen MR) is 148 cm³/mol. The molecule has 12 nitrogen and oxygen atoms in total. The third-order valence-corrected chi connectivity index (χ3v) is 5.96. The van der Waals surface area contributed by atoms with E-state index in [-0.39, 0.29) is 18.1 Å². The van der Waals surface area contributed by atoms with Crippen molar-refractivity contribution in [2.75, 3.05) is 46.0 Å². The number of anilines is 1. The van der Waals surface area contributed by atoms with Crippen LogP contribution >= 0.6 is 0 Å². The van der Waals surface area contributed by atoms with Crippen LogP contribution in [0.5, 0.6) is 17.2 Å². The number of aromatic nitrogens is 4. The number of benzene rings is 2. The Balaban J connectivity index is 1.33. The maximum atomic E-state index is 13.0. The van der Waals surface area contributed by atoms with Gasteiger partial charge in [-0.3, -0.25) is 9.59 Å². The zero-order valence-corrected chi connectivity index (χ0v) is 22.4. The number of carbonyl (C=O) groups excluding carboxylic acids is 2. The van der Waals surface area contributed by atoms with Crippen molar-refractivity contribution in [3.05, 3.63) is 85.1 Å². The molecule has 0 aliphatic heterocycles. The summed E-state index contributed by atoms with van der Waals surface area (Å²) in [5.41, 5.74) is 1.46. The highest BCUT2D eigenvalue weighted by Crippen LogP contribution is 2.35. The molecule has 4 aromatic rings. The smallest absolute Gasteiger partial charge is 0.223 e. The van der Waals surface area contributed by atoms with E-state index >= 15 is 0 Å². The number of fused-ring (bicyclic) bond motifs is 1. The number of imidazole rings is 1. The Morgan fingerprint density at radius 1 is 0.854 bits per heavy atom. The first-order chi connectivity index (χ1) is 20.1. The van der Waals surface area contributed by atoms with Crippen molar-refractivity contribution in [1.29, 1.82) is 0 Å². The van der Waals surface area contributed by atoms with Crippen LogP contribution in [0.1, 0.15) is 0 Å². The molecule has 0 radical (unpaired) electrons. The van der Waals surface area contributed by atoms with E-state index in [1.807, 2.05) is 22.9 Å². The van der Waals surface area contributed by atoms with Crippen molar-refractivity contribution >= 4 is 28.3 Å². The van der Waals surface area contributed by atoms with Crippen molar-refractivity contribution < 1.29 is 33.3 Å². The molecule has 0 saturated carbocycles. The van der Waals surface area contributed by atoms with Crippen LogP contribution in [-0.2, 0) is 19.1 Å². The topological polar surface area (TPSA) is 136 Å². The minimum Gasteiger partial charge on any atom is -0.487 e. The lowest BCUT2D eigenvalue weighted by molar-refractivity contribution is -0.116. The first-order valence-electron chi connectivity index (χ1n) is 12.6. The second kappa shape index (κ2) is 12.9. The molecule has 1 N–H and O–H groups in total. The Morgan fingerprint density at radius 2 is 1.59 bits per heavy atom. The van der Waals surface area contributed by atoms with Gasteiger partial charge in [-0.05, 0) is 30.3 Å². The van der Waals surface area contributed by atoms with E-state index in [2.05, 4.69) is 20.3 Å². The van der Waals surface area contributed by atoms with Gasteiger partial charge in [0.25, 0.3) is 0 Å². The zero-order chi connectivity index (χ0) is 28.6. The number of carbonyl (C=O) groups is 2. The molecule has 2 heterocycles. The second-order valence-electron chi connectivity index (χ2n) is 8.71. The van der Waals surface area contributed by atoms with Gasteiger partial charge in [0.1, 0.15) is 31.1 Å². The summed E-state index contributed by atoms with van der Waals surface area (Å²) in [6.45, 7) is 1.37. The number of ketones is 2. The van der Waals surface area contributed by atoms with Gasteiger partial charge >= 0.3 is 0 Å². The first-order valence-corrected chi connectivity index (χ1v) is 12.6. The molecule has 0 unspecified atom stereocenters. The first kappa shape index (κ1) is 27.5. The summed E-state index contributed by atoms with van der Waals surface area (Å²) in [6.07, 6.45) is 8.85. The van der Waals surface area contributed by atoms with Crippen LogP contribution in [-0.4, -0.2) is 71.7 Å². The number of rotatable bonds is 13. The predicted octanol–water partition coefficient (Wildman–Crippen LogP) is 3.28. The lowest BCUT2D eigenvalue weighted by Crippen LogP contribution is -2.21. The molecule has 0 saturated heterocycles. The van der Waals surface area contributed by atoms with Gasteiger partial charge in [0.15, 0.2) is 17.3 Å². The number of hydrogen-bond donors (Lipinski definition) is 1. The van der Waals surface area contributed by atoms with Crippen LogP contribution in [0.3, 0.4) is 0 Å². The number of ether oxygens (including phenoxy) is 5. The molecule has 2 aromatic heterocycles. The summed E-state index contributed by atoms with van der Waals surface area (Å²) in [5.74, 6) is 0.640. The molecule has 0 amide bonds. The number of nitrogens with zero attached hydrogens (tertiary/aromatic N) is 4. The Kier molecular flexibility index (Phi) is 8.62. The molecule has 0 atom stereocenters. The molecule has 1 aliphatic carbocycles. The number of nitrogens with one attached hydrogen (secondary N) is 1. The fourth-order valence-corrected chi connectivity index (χ4v) is 3.93. The van der Waals surface area contributed by atoms with Crippen LogP contribution < -0.4 is 19.5 Å². The summed E-state index contributed by atoms with van der Waals surface area (Å²) in [4.78, 5) is 38.5. The summed E-state index contributed by atoms with van der Waals surface area (Å²) in [5, 5.41) is 3.53. The molecule has 2 aromatic carbocycles. The third-order valence-electron chi connectivity index (χ3n) is 5.96. The summed E-state index contributed by atoms with van der Waals surface area (Å²) >= 11 is 0. The molecule has 0 bridgehead atoms. The van der Waals surface area contributed by atoms with E-state index in [9.17, 15) is 9.59 Å². The van der Waals surface area contributed by atoms with Crippen LogP contribution in [0.25, 0.3) is 16.6 Å². The van der Waals surface area contributed by atoms with Gasteiger partial charge in [0.2, 0.25) is 11.6 Å². The van der Waals surface area contributed by atoms with Crippen LogP contribution in [0.15, 0.2) is 85.1 Å². The molecule has 210 valence electrons. The van der Waals surface area contributed by atoms with E-state index in [1.54, 1.807) is 51.0 Å². The van der Waals surface area contributed by atoms with Gasteiger partial charge < -0.3 is 33.6 Å². The standard InChI is InChI=1S/C29H27N5O7/c1-37-9-11-39-27-13-21-22(15-28(27)40-12-10-38-2)31-17-32-29(21)33-23-14-25(36)26(16-24(23)35)41-20-5-3-19(4-6-20)34-8-7-30-18-34/h3-8,13-18H,9-12H2,1-2H3,(H,31,32,33). The second-order valence-corrected chi connectivity index (χ2v) is 8.71. The molecular formula is C29H27N5O7. The van der Waals surface area contributed by atoms with Crippen molar-refractivity contribution in [3.63, 3.8) is 0 Å². The molecule has 41 heavy (non-hydrogen) atoms. The largest absolute Gasteiger partial charge is 0.487 e. The van der Waals surface area contributed by atoms with Gasteiger partial charge in [0.05, 0.1) is 30.8 Å². The monoisotopic (exact) mass is 557 g/mol. The van der Waals surface area contributed by atoms with Crippen LogP contribution in [0.2, 0.25) is 0 Å². The van der Waals surface area contributed by atoms with Crippen molar-refractivity contribution in [1.82, 2.24) is 19.5 Å². The Hall–Kier alpha value is -5.07. The highest BCUT2D eigenvalue weighted by atomic mass is 16.5. The Morgan fingerprint density at radius 3 is 2.27 bits per heavy atom. The number of allylic oxidation sites excluding steroid dienone is 2. The lowest BCUT2D eigenvalue weighted by atomic mass is 10.1. The molecule has 0 fully saturated rings. The maximum absolute atomic E-state index is 13.0. The normalized spacial score (nSPS) is 13.1. The highest BCUT2D eigenvalue weighted by Gasteiger charge is 2.24. The molecular weight excluding hydrogens is 530 g/mol. The quantitative estimate of drug-likeness (QED) is 0.192. The minimum absolute atomic E-state index is 0.0417. The average Bonchev–Trinajstić information content (AvgIpc) is 3.52. The number of hydrogen-bond acceptors (Lipinski definition) is 11. The van der Waals surface area contributed by atoms with Crippen molar-refractivity contribution in [3.8, 4) is 22.9 Å². The molecule has 1 aliphatic rings. The average molecular weight is 558 g/mol. The summed E-state index contributed by atoms with van der Waals surface area (Å²) in [6, 6.07) is 10.5. The fraction of sp³-hybridized carbons (Fsp3) is 0.207. The van der Waals surface area contributed by atoms with Gasteiger partial charge in [-0.25, -0.2) is 15.0 Å². The van der Waals surface area contributed by atoms with Crippen LogP contribution in [0, 0.1) is 0 Å². The zero-order valence-electron chi connectivity index (χ0n) is 22.4. The molecule has 5 rings (SSSR count). The van der Waals surface area contributed by atoms with Gasteiger partial charge in [-0.2, -0.15) is 0 Å². The Bertz CT molecular complexity index is 1600. The number of methoxy groups -OCH3 is 2. The van der Waals surface area contributed by atoms with Gasteiger partial charge in [0, 0.05) is 55.9 Å². The minimum atomic E-state index is -0.471. The van der Waals surface area contributed by atoms with Crippen LogP contribution in [0.4, 0.5) is 5.82 Å². The molecule has 12 heteroatoms. The van der Waals surface area contributed by atoms with Crippen molar-refractivity contribution in [2.45, 2.75) is 0 Å². The molecule has 0 spiro atoms. The van der Waals surface area contributed by atoms with E-state index in [4.69, 9.17) is 23.7 Å². The van der Waals surface area contributed by atoms with E-state index in [0.29, 0.717) is 53.8 Å². The van der Waals surface area contributed by atoms with E-state index in [1.165, 1.54) is 12.4 Å². The highest BCUT2D eigenvalue weighted by molar-refractivity contribution is 6.20. The lowest BCUT2D eigenvalue weighted by Gasteiger charge is -2.17. The Labute approximate surface area is 235 Å². The maximum Gasteiger partial charge on any atom is 0.223 e. The fourth-order valence-electron chi connectivity index (χ4n) is 3.93. The van der Waals surface area contributed by atoms with Gasteiger partial charge in [-0.15, -0.1) is 0 Å².